The summed E-state index contributed by atoms with van der Waals surface area (Å²) in [5, 5.41) is 5.69. The number of benzene rings is 2. The minimum atomic E-state index is -0.148. The second-order valence-electron chi connectivity index (χ2n) is 6.78. The van der Waals surface area contributed by atoms with E-state index in [1.165, 1.54) is 11.3 Å². The Morgan fingerprint density at radius 3 is 2.57 bits per heavy atom. The molecule has 1 N–H and O–H groups in total. The maximum atomic E-state index is 12.9. The van der Waals surface area contributed by atoms with E-state index >= 15 is 0 Å². The average molecular weight is 394 g/mol. The normalized spacial score (nSPS) is 14.4. The number of ether oxygens (including phenoxy) is 2. The molecule has 28 heavy (non-hydrogen) atoms. The summed E-state index contributed by atoms with van der Waals surface area (Å²) < 4.78 is 10.9. The Labute approximate surface area is 168 Å². The minimum Gasteiger partial charge on any atom is -0.493 e. The lowest BCUT2D eigenvalue weighted by Gasteiger charge is -2.18. The zero-order valence-corrected chi connectivity index (χ0v) is 16.7. The number of nitrogens with one attached hydrogen (secondary N) is 1. The molecule has 4 rings (SSSR count). The Kier molecular flexibility index (Phi) is 5.30. The van der Waals surface area contributed by atoms with Crippen molar-refractivity contribution in [1.82, 2.24) is 10.3 Å². The molecule has 0 unspecified atom stereocenters. The summed E-state index contributed by atoms with van der Waals surface area (Å²) in [6.07, 6.45) is 2.28. The maximum Gasteiger partial charge on any atom is 0.271 e. The Morgan fingerprint density at radius 1 is 1.11 bits per heavy atom. The summed E-state index contributed by atoms with van der Waals surface area (Å²) in [5.41, 5.74) is 2.38. The van der Waals surface area contributed by atoms with Gasteiger partial charge in [0, 0.05) is 5.38 Å². The van der Waals surface area contributed by atoms with Gasteiger partial charge in [0.05, 0.1) is 25.8 Å². The van der Waals surface area contributed by atoms with E-state index in [0.717, 1.165) is 29.0 Å². The van der Waals surface area contributed by atoms with E-state index in [0.29, 0.717) is 23.1 Å². The first-order valence-corrected chi connectivity index (χ1v) is 10.1. The molecule has 0 aliphatic heterocycles. The quantitative estimate of drug-likeness (QED) is 0.631. The van der Waals surface area contributed by atoms with E-state index in [9.17, 15) is 4.79 Å². The summed E-state index contributed by atoms with van der Waals surface area (Å²) >= 11 is 1.42. The van der Waals surface area contributed by atoms with Crippen LogP contribution in [0.1, 0.15) is 34.9 Å². The Morgan fingerprint density at radius 2 is 1.89 bits per heavy atom. The zero-order chi connectivity index (χ0) is 19.5. The first kappa shape index (κ1) is 18.5. The van der Waals surface area contributed by atoms with Crippen LogP contribution >= 0.6 is 11.3 Å². The third kappa shape index (κ3) is 3.73. The summed E-state index contributed by atoms with van der Waals surface area (Å²) in [6, 6.07) is 15.8. The third-order valence-electron chi connectivity index (χ3n) is 4.91. The second-order valence-corrected chi connectivity index (χ2v) is 7.64. The van der Waals surface area contributed by atoms with E-state index in [1.807, 2.05) is 36.4 Å². The number of hydrogen-bond acceptors (Lipinski definition) is 5. The zero-order valence-electron chi connectivity index (χ0n) is 15.8. The molecule has 144 valence electrons. The lowest BCUT2D eigenvalue weighted by atomic mass is 10.0. The van der Waals surface area contributed by atoms with Gasteiger partial charge in [0.1, 0.15) is 10.7 Å². The predicted molar refractivity (Wildman–Crippen MR) is 110 cm³/mol. The lowest BCUT2D eigenvalue weighted by molar-refractivity contribution is 0.0927. The van der Waals surface area contributed by atoms with Crippen LogP contribution in [-0.2, 0) is 0 Å². The molecule has 1 fully saturated rings. The van der Waals surface area contributed by atoms with Gasteiger partial charge in [-0.2, -0.15) is 0 Å². The molecule has 3 aromatic rings. The third-order valence-corrected chi connectivity index (χ3v) is 5.78. The van der Waals surface area contributed by atoms with Crippen molar-refractivity contribution in [1.29, 1.82) is 0 Å². The van der Waals surface area contributed by atoms with Gasteiger partial charge in [-0.25, -0.2) is 4.98 Å². The first-order valence-electron chi connectivity index (χ1n) is 9.24. The summed E-state index contributed by atoms with van der Waals surface area (Å²) in [4.78, 5) is 17.4. The van der Waals surface area contributed by atoms with E-state index in [-0.39, 0.29) is 11.9 Å². The molecule has 1 heterocycles. The van der Waals surface area contributed by atoms with Crippen LogP contribution in [0.2, 0.25) is 0 Å². The van der Waals surface area contributed by atoms with Gasteiger partial charge in [-0.15, -0.1) is 11.3 Å². The van der Waals surface area contributed by atoms with Gasteiger partial charge in [0.2, 0.25) is 0 Å². The van der Waals surface area contributed by atoms with Crippen molar-refractivity contribution in [2.75, 3.05) is 14.2 Å². The van der Waals surface area contributed by atoms with Crippen LogP contribution in [0.4, 0.5) is 0 Å². The van der Waals surface area contributed by atoms with Crippen molar-refractivity contribution in [3.05, 3.63) is 65.2 Å². The fourth-order valence-electron chi connectivity index (χ4n) is 3.34. The SMILES string of the molecule is COc1cccc(-c2nc(C(=O)N[C@H](c3ccccc3)C3CC3)cs2)c1OC. The highest BCUT2D eigenvalue weighted by Gasteiger charge is 2.33. The van der Waals surface area contributed by atoms with Crippen molar-refractivity contribution >= 4 is 17.2 Å². The van der Waals surface area contributed by atoms with Crippen LogP contribution < -0.4 is 14.8 Å². The molecule has 1 saturated carbocycles. The number of para-hydroxylation sites is 1. The topological polar surface area (TPSA) is 60.5 Å². The number of nitrogens with zero attached hydrogens (tertiary/aromatic N) is 1. The smallest absolute Gasteiger partial charge is 0.271 e. The van der Waals surface area contributed by atoms with Crippen LogP contribution in [0.5, 0.6) is 11.5 Å². The molecule has 0 spiro atoms. The van der Waals surface area contributed by atoms with E-state index < -0.39 is 0 Å². The Bertz CT molecular complexity index is 967. The predicted octanol–water partition coefficient (Wildman–Crippen LogP) is 4.71. The van der Waals surface area contributed by atoms with E-state index in [2.05, 4.69) is 22.4 Å². The summed E-state index contributed by atoms with van der Waals surface area (Å²) in [6.45, 7) is 0. The molecule has 1 aromatic heterocycles. The molecule has 1 aliphatic rings. The number of aromatic nitrogens is 1. The molecule has 1 aliphatic carbocycles. The Hall–Kier alpha value is -2.86. The van der Waals surface area contributed by atoms with Crippen LogP contribution in [0, 0.1) is 5.92 Å². The molecule has 0 saturated heterocycles. The molecular formula is C22H22N2O3S. The lowest BCUT2D eigenvalue weighted by Crippen LogP contribution is -2.30. The van der Waals surface area contributed by atoms with Crippen LogP contribution in [0.25, 0.3) is 10.6 Å². The largest absolute Gasteiger partial charge is 0.493 e. The molecule has 5 nitrogen and oxygen atoms in total. The molecule has 1 amide bonds. The van der Waals surface area contributed by atoms with Crippen LogP contribution in [-0.4, -0.2) is 25.1 Å². The number of thiazole rings is 1. The number of hydrogen-bond donors (Lipinski definition) is 1. The number of methoxy groups -OCH3 is 2. The monoisotopic (exact) mass is 394 g/mol. The highest BCUT2D eigenvalue weighted by atomic mass is 32.1. The van der Waals surface area contributed by atoms with Crippen molar-refractivity contribution < 1.29 is 14.3 Å². The van der Waals surface area contributed by atoms with Crippen molar-refractivity contribution in [2.45, 2.75) is 18.9 Å². The van der Waals surface area contributed by atoms with Crippen LogP contribution in [0.3, 0.4) is 0 Å². The fourth-order valence-corrected chi connectivity index (χ4v) is 4.16. The number of rotatable bonds is 7. The second kappa shape index (κ2) is 8.02. The molecule has 1 atom stereocenters. The van der Waals surface area contributed by atoms with Crippen molar-refractivity contribution in [3.8, 4) is 22.1 Å². The fraction of sp³-hybridized carbons (Fsp3) is 0.273. The molecule has 6 heteroatoms. The number of carbonyl (C=O) groups is 1. The first-order chi connectivity index (χ1) is 13.7. The van der Waals surface area contributed by atoms with E-state index in [4.69, 9.17) is 9.47 Å². The van der Waals surface area contributed by atoms with Gasteiger partial charge in [0.15, 0.2) is 11.5 Å². The molecule has 0 bridgehead atoms. The summed E-state index contributed by atoms with van der Waals surface area (Å²) in [5.74, 6) is 1.61. The minimum absolute atomic E-state index is 0.0326. The highest BCUT2D eigenvalue weighted by molar-refractivity contribution is 7.13. The highest BCUT2D eigenvalue weighted by Crippen LogP contribution is 2.41. The van der Waals surface area contributed by atoms with Crippen LogP contribution in [0.15, 0.2) is 53.9 Å². The van der Waals surface area contributed by atoms with Gasteiger partial charge in [-0.3, -0.25) is 4.79 Å². The van der Waals surface area contributed by atoms with Gasteiger partial charge in [-0.1, -0.05) is 36.4 Å². The molecule has 2 aromatic carbocycles. The van der Waals surface area contributed by atoms with Crippen molar-refractivity contribution in [2.24, 2.45) is 5.92 Å². The molecular weight excluding hydrogens is 372 g/mol. The van der Waals surface area contributed by atoms with Gasteiger partial charge in [-0.05, 0) is 36.5 Å². The average Bonchev–Trinajstić information content (AvgIpc) is 3.46. The van der Waals surface area contributed by atoms with E-state index in [1.54, 1.807) is 19.6 Å². The van der Waals surface area contributed by atoms with Crippen molar-refractivity contribution in [3.63, 3.8) is 0 Å². The van der Waals surface area contributed by atoms with Gasteiger partial charge >= 0.3 is 0 Å². The summed E-state index contributed by atoms with van der Waals surface area (Å²) in [7, 11) is 3.20. The standard InChI is InChI=1S/C22H22N2O3S/c1-26-18-10-6-9-16(20(18)27-2)22-23-17(13-28-22)21(25)24-19(15-11-12-15)14-7-4-3-5-8-14/h3-10,13,15,19H,11-12H2,1-2H3,(H,24,25)/t19-/m1/s1. The van der Waals surface area contributed by atoms with Gasteiger partial charge in [0.25, 0.3) is 5.91 Å². The maximum absolute atomic E-state index is 12.9. The van der Waals surface area contributed by atoms with Gasteiger partial charge < -0.3 is 14.8 Å². The molecule has 0 radical (unpaired) electrons. The Balaban J connectivity index is 1.57. The number of carbonyl (C=O) groups excluding carboxylic acids is 1. The number of amides is 1.